The molecule has 2 aromatic carbocycles. The van der Waals surface area contributed by atoms with Gasteiger partial charge in [0.05, 0.1) is 12.6 Å². The minimum absolute atomic E-state index is 0.132. The summed E-state index contributed by atoms with van der Waals surface area (Å²) < 4.78 is 7.48. The molecule has 0 spiro atoms. The minimum atomic E-state index is -0.459. The largest absolute Gasteiger partial charge is 0.494 e. The van der Waals surface area contributed by atoms with Gasteiger partial charge in [0.25, 0.3) is 0 Å². The number of carbonyl (C=O) groups excluding carboxylic acids is 1. The maximum Gasteiger partial charge on any atom is 0.240 e. The Morgan fingerprint density at radius 2 is 2.00 bits per heavy atom. The molecule has 2 N–H and O–H groups in total. The lowest BCUT2D eigenvalue weighted by atomic mass is 10.0. The smallest absolute Gasteiger partial charge is 0.240 e. The second-order valence-corrected chi connectivity index (χ2v) is 9.10. The van der Waals surface area contributed by atoms with E-state index in [0.29, 0.717) is 22.5 Å². The van der Waals surface area contributed by atoms with Gasteiger partial charge in [-0.2, -0.15) is 0 Å². The number of carbonyl (C=O) groups is 1. The van der Waals surface area contributed by atoms with Gasteiger partial charge in [0, 0.05) is 17.1 Å². The summed E-state index contributed by atoms with van der Waals surface area (Å²) in [5.41, 5.74) is 6.08. The second kappa shape index (κ2) is 9.83. The van der Waals surface area contributed by atoms with E-state index in [9.17, 15) is 4.79 Å². The zero-order chi connectivity index (χ0) is 22.7. The van der Waals surface area contributed by atoms with Gasteiger partial charge in [0.2, 0.25) is 11.1 Å². The van der Waals surface area contributed by atoms with Crippen LogP contribution in [0.5, 0.6) is 5.75 Å². The molecular formula is C23H26ClN5O2S. The third-order valence-electron chi connectivity index (χ3n) is 5.23. The first-order valence-corrected chi connectivity index (χ1v) is 11.9. The molecule has 2 heterocycles. The van der Waals surface area contributed by atoms with Crippen LogP contribution in [-0.2, 0) is 11.2 Å². The molecule has 0 unspecified atom stereocenters. The number of thioether (sulfide) groups is 1. The van der Waals surface area contributed by atoms with E-state index < -0.39 is 5.25 Å². The molecule has 0 fully saturated rings. The van der Waals surface area contributed by atoms with E-state index in [-0.39, 0.29) is 11.9 Å². The highest BCUT2D eigenvalue weighted by Crippen LogP contribution is 2.38. The van der Waals surface area contributed by atoms with Crippen molar-refractivity contribution >= 4 is 35.0 Å². The Morgan fingerprint density at radius 1 is 1.22 bits per heavy atom. The van der Waals surface area contributed by atoms with Gasteiger partial charge in [0.1, 0.15) is 11.0 Å². The maximum absolute atomic E-state index is 13.4. The summed E-state index contributed by atoms with van der Waals surface area (Å²) in [7, 11) is 0. The average molecular weight is 472 g/mol. The van der Waals surface area contributed by atoms with Crippen molar-refractivity contribution in [2.75, 3.05) is 17.3 Å². The Morgan fingerprint density at radius 3 is 2.69 bits per heavy atom. The molecule has 1 amide bonds. The third kappa shape index (κ3) is 4.71. The quantitative estimate of drug-likeness (QED) is 0.505. The molecule has 0 saturated heterocycles. The predicted molar refractivity (Wildman–Crippen MR) is 128 cm³/mol. The topological polar surface area (TPSA) is 81.1 Å². The van der Waals surface area contributed by atoms with Gasteiger partial charge in [-0.25, -0.2) is 4.68 Å². The van der Waals surface area contributed by atoms with Gasteiger partial charge < -0.3 is 15.5 Å². The third-order valence-corrected chi connectivity index (χ3v) is 6.85. The number of nitrogens with zero attached hydrogens (tertiary/aromatic N) is 3. The van der Waals surface area contributed by atoms with Crippen LogP contribution in [-0.4, -0.2) is 32.6 Å². The molecule has 0 bridgehead atoms. The number of hydrogen-bond donors (Lipinski definition) is 2. The fourth-order valence-corrected chi connectivity index (χ4v) is 4.84. The summed E-state index contributed by atoms with van der Waals surface area (Å²) in [6.07, 6.45) is 1.76. The van der Waals surface area contributed by atoms with Crippen LogP contribution >= 0.6 is 23.4 Å². The minimum Gasteiger partial charge on any atom is -0.494 e. The molecule has 168 valence electrons. The monoisotopic (exact) mass is 471 g/mol. The summed E-state index contributed by atoms with van der Waals surface area (Å²) >= 11 is 7.65. The Hall–Kier alpha value is -2.71. The lowest BCUT2D eigenvalue weighted by Crippen LogP contribution is -2.41. The fourth-order valence-electron chi connectivity index (χ4n) is 3.56. The van der Waals surface area contributed by atoms with Crippen LogP contribution in [0.25, 0.3) is 0 Å². The van der Waals surface area contributed by atoms with E-state index in [1.165, 1.54) is 11.8 Å². The van der Waals surface area contributed by atoms with Crippen molar-refractivity contribution in [3.63, 3.8) is 0 Å². The van der Waals surface area contributed by atoms with Crippen LogP contribution in [0.2, 0.25) is 5.02 Å². The van der Waals surface area contributed by atoms with E-state index in [1.807, 2.05) is 54.9 Å². The Kier molecular flexibility index (Phi) is 6.91. The Balaban J connectivity index is 1.64. The number of fused-ring (bicyclic) bond motifs is 1. The van der Waals surface area contributed by atoms with Crippen molar-refractivity contribution in [1.82, 2.24) is 14.9 Å². The molecule has 3 aromatic rings. The van der Waals surface area contributed by atoms with Crippen LogP contribution in [0.15, 0.2) is 47.6 Å². The van der Waals surface area contributed by atoms with E-state index >= 15 is 0 Å². The first kappa shape index (κ1) is 22.5. The number of nitrogens with one attached hydrogen (secondary N) is 2. The summed E-state index contributed by atoms with van der Waals surface area (Å²) in [5.74, 6) is 1.52. The molecule has 2 atom stereocenters. The highest BCUT2D eigenvalue weighted by atomic mass is 35.5. The summed E-state index contributed by atoms with van der Waals surface area (Å²) in [6.45, 7) is 6.58. The lowest BCUT2D eigenvalue weighted by molar-refractivity contribution is -0.116. The van der Waals surface area contributed by atoms with Crippen molar-refractivity contribution in [3.05, 3.63) is 64.4 Å². The number of benzene rings is 2. The van der Waals surface area contributed by atoms with Gasteiger partial charge in [-0.05, 0) is 55.7 Å². The van der Waals surface area contributed by atoms with Crippen LogP contribution < -0.4 is 15.5 Å². The summed E-state index contributed by atoms with van der Waals surface area (Å²) in [6, 6.07) is 13.1. The molecule has 4 rings (SSSR count). The summed E-state index contributed by atoms with van der Waals surface area (Å²) in [4.78, 5) is 13.4. The first-order chi connectivity index (χ1) is 15.5. The number of aromatic nitrogens is 3. The number of hydrogen-bond acceptors (Lipinski definition) is 6. The van der Waals surface area contributed by atoms with Crippen LogP contribution in [0.1, 0.15) is 43.3 Å². The molecule has 32 heavy (non-hydrogen) atoms. The molecule has 0 aliphatic carbocycles. The van der Waals surface area contributed by atoms with E-state index in [1.54, 1.807) is 6.07 Å². The van der Waals surface area contributed by atoms with Crippen molar-refractivity contribution in [2.24, 2.45) is 0 Å². The number of ether oxygens (including phenoxy) is 1. The van der Waals surface area contributed by atoms with Crippen LogP contribution in [0, 0.1) is 6.92 Å². The van der Waals surface area contributed by atoms with Crippen molar-refractivity contribution in [1.29, 1.82) is 0 Å². The molecule has 7 nitrogen and oxygen atoms in total. The fraction of sp³-hybridized carbons (Fsp3) is 0.348. The van der Waals surface area contributed by atoms with Crippen LogP contribution in [0.4, 0.5) is 5.69 Å². The maximum atomic E-state index is 13.4. The number of amides is 1. The molecule has 9 heteroatoms. The zero-order valence-corrected chi connectivity index (χ0v) is 19.8. The standard InChI is InChI=1S/C23H26ClN5O2S/c1-4-6-19-26-27-23-29(19)28-20(15-8-11-17(12-9-15)31-5-2)21(32-23)22(30)25-16-10-7-14(3)18(24)13-16/h7-13,20-21,28H,4-6H2,1-3H3,(H,25,30)/t20-,21+/m0/s1. The predicted octanol–water partition coefficient (Wildman–Crippen LogP) is 4.99. The SMILES string of the molecule is CCCc1nnc2n1N[C@@H](c1ccc(OCC)cc1)[C@H](C(=O)Nc1ccc(C)c(Cl)c1)S2. The van der Waals surface area contributed by atoms with E-state index in [4.69, 9.17) is 16.3 Å². The Labute approximate surface area is 196 Å². The molecule has 1 aliphatic rings. The van der Waals surface area contributed by atoms with Crippen LogP contribution in [0.3, 0.4) is 0 Å². The van der Waals surface area contributed by atoms with Gasteiger partial charge in [-0.15, -0.1) is 10.2 Å². The number of aryl methyl sites for hydroxylation is 2. The van der Waals surface area contributed by atoms with Gasteiger partial charge in [-0.3, -0.25) is 4.79 Å². The average Bonchev–Trinajstić information content (AvgIpc) is 3.18. The molecule has 1 aromatic heterocycles. The number of anilines is 1. The van der Waals surface area contributed by atoms with E-state index in [2.05, 4.69) is 27.9 Å². The normalized spacial score (nSPS) is 17.4. The molecule has 0 radical (unpaired) electrons. The highest BCUT2D eigenvalue weighted by molar-refractivity contribution is 8.00. The molecule has 0 saturated carbocycles. The number of halogens is 1. The summed E-state index contributed by atoms with van der Waals surface area (Å²) in [5, 5.41) is 12.5. The van der Waals surface area contributed by atoms with Gasteiger partial charge in [0.15, 0.2) is 5.82 Å². The van der Waals surface area contributed by atoms with Crippen molar-refractivity contribution < 1.29 is 9.53 Å². The highest BCUT2D eigenvalue weighted by Gasteiger charge is 2.37. The first-order valence-electron chi connectivity index (χ1n) is 10.7. The van der Waals surface area contributed by atoms with E-state index in [0.717, 1.165) is 35.5 Å². The van der Waals surface area contributed by atoms with Crippen molar-refractivity contribution in [3.8, 4) is 5.75 Å². The van der Waals surface area contributed by atoms with Gasteiger partial charge >= 0.3 is 0 Å². The second-order valence-electron chi connectivity index (χ2n) is 7.58. The Bertz CT molecular complexity index is 1100. The van der Waals surface area contributed by atoms with Gasteiger partial charge in [-0.1, -0.05) is 48.5 Å². The number of rotatable bonds is 7. The molecule has 1 aliphatic heterocycles. The lowest BCUT2D eigenvalue weighted by Gasteiger charge is -2.33. The molecular weight excluding hydrogens is 446 g/mol. The van der Waals surface area contributed by atoms with Crippen molar-refractivity contribution in [2.45, 2.75) is 50.1 Å². The zero-order valence-electron chi connectivity index (χ0n) is 18.3.